The van der Waals surface area contributed by atoms with E-state index in [1.54, 1.807) is 11.8 Å². The van der Waals surface area contributed by atoms with E-state index in [1.807, 2.05) is 13.1 Å². The first kappa shape index (κ1) is 16.1. The van der Waals surface area contributed by atoms with Crippen molar-refractivity contribution < 1.29 is 0 Å². The van der Waals surface area contributed by atoms with Gasteiger partial charge in [0, 0.05) is 36.5 Å². The highest BCUT2D eigenvalue weighted by atomic mass is 32.2. The fourth-order valence-electron chi connectivity index (χ4n) is 2.91. The van der Waals surface area contributed by atoms with Crippen LogP contribution >= 0.6 is 11.8 Å². The SMILES string of the molecule is CSc1cccc(CN(C)c2cc(C3CC(N)C3)nc(N)n2)c1. The van der Waals surface area contributed by atoms with Gasteiger partial charge in [-0.05, 0) is 36.8 Å². The number of benzene rings is 1. The van der Waals surface area contributed by atoms with Crippen molar-refractivity contribution in [3.8, 4) is 0 Å². The largest absolute Gasteiger partial charge is 0.368 e. The number of nitrogen functional groups attached to an aromatic ring is 1. The van der Waals surface area contributed by atoms with Gasteiger partial charge in [0.05, 0.1) is 5.69 Å². The maximum atomic E-state index is 5.90. The molecule has 0 saturated heterocycles. The molecule has 5 nitrogen and oxygen atoms in total. The Balaban J connectivity index is 1.77. The van der Waals surface area contributed by atoms with E-state index in [4.69, 9.17) is 11.5 Å². The molecule has 1 fully saturated rings. The van der Waals surface area contributed by atoms with Crippen molar-refractivity contribution in [3.05, 3.63) is 41.6 Å². The Hall–Kier alpha value is -1.79. The first-order valence-corrected chi connectivity index (χ1v) is 9.01. The van der Waals surface area contributed by atoms with E-state index >= 15 is 0 Å². The topological polar surface area (TPSA) is 81.1 Å². The minimum absolute atomic E-state index is 0.298. The Labute approximate surface area is 141 Å². The lowest BCUT2D eigenvalue weighted by Crippen LogP contribution is -2.35. The third-order valence-electron chi connectivity index (χ3n) is 4.29. The monoisotopic (exact) mass is 329 g/mol. The molecule has 0 aliphatic heterocycles. The molecule has 0 amide bonds. The summed E-state index contributed by atoms with van der Waals surface area (Å²) >= 11 is 1.75. The molecule has 1 aromatic heterocycles. The Kier molecular flexibility index (Phi) is 4.73. The lowest BCUT2D eigenvalue weighted by atomic mass is 9.78. The summed E-state index contributed by atoms with van der Waals surface area (Å²) in [6.07, 6.45) is 4.05. The molecule has 4 N–H and O–H groups in total. The Morgan fingerprint density at radius 3 is 2.74 bits per heavy atom. The normalized spacial score (nSPS) is 20.1. The number of hydrogen-bond acceptors (Lipinski definition) is 6. The Morgan fingerprint density at radius 2 is 2.04 bits per heavy atom. The molecule has 23 heavy (non-hydrogen) atoms. The minimum atomic E-state index is 0.298. The first-order chi connectivity index (χ1) is 11.0. The summed E-state index contributed by atoms with van der Waals surface area (Å²) in [6, 6.07) is 10.9. The maximum Gasteiger partial charge on any atom is 0.222 e. The molecule has 122 valence electrons. The van der Waals surface area contributed by atoms with Gasteiger partial charge in [0.25, 0.3) is 0 Å². The quantitative estimate of drug-likeness (QED) is 0.821. The molecule has 3 rings (SSSR count). The Morgan fingerprint density at radius 1 is 1.26 bits per heavy atom. The molecule has 0 spiro atoms. The molecule has 2 aromatic rings. The summed E-state index contributed by atoms with van der Waals surface area (Å²) in [6.45, 7) is 0.786. The van der Waals surface area contributed by atoms with Crippen LogP contribution in [0.4, 0.5) is 11.8 Å². The average molecular weight is 329 g/mol. The van der Waals surface area contributed by atoms with Crippen LogP contribution in [0.1, 0.15) is 30.0 Å². The zero-order valence-corrected chi connectivity index (χ0v) is 14.4. The van der Waals surface area contributed by atoms with Crippen molar-refractivity contribution in [3.63, 3.8) is 0 Å². The van der Waals surface area contributed by atoms with E-state index in [-0.39, 0.29) is 0 Å². The summed E-state index contributed by atoms with van der Waals surface area (Å²) < 4.78 is 0. The molecule has 6 heteroatoms. The van der Waals surface area contributed by atoms with E-state index in [9.17, 15) is 0 Å². The standard InChI is InChI=1S/C17H23N5S/c1-22(10-11-4-3-5-14(6-11)23-2)16-9-15(20-17(19)21-16)12-7-13(18)8-12/h3-6,9,12-13H,7-8,10,18H2,1-2H3,(H2,19,20,21). The van der Waals surface area contributed by atoms with Gasteiger partial charge in [0.1, 0.15) is 5.82 Å². The van der Waals surface area contributed by atoms with Crippen LogP contribution in [0.3, 0.4) is 0 Å². The van der Waals surface area contributed by atoms with Crippen LogP contribution in [0.2, 0.25) is 0 Å². The molecule has 1 heterocycles. The van der Waals surface area contributed by atoms with Crippen molar-refractivity contribution in [2.75, 3.05) is 23.9 Å². The van der Waals surface area contributed by atoms with Crippen molar-refractivity contribution in [1.29, 1.82) is 0 Å². The van der Waals surface area contributed by atoms with Crippen molar-refractivity contribution in [2.45, 2.75) is 36.2 Å². The second kappa shape index (κ2) is 6.76. The van der Waals surface area contributed by atoms with Gasteiger partial charge in [-0.25, -0.2) is 4.98 Å². The van der Waals surface area contributed by atoms with Gasteiger partial charge in [-0.15, -0.1) is 11.8 Å². The number of thioether (sulfide) groups is 1. The molecule has 0 radical (unpaired) electrons. The minimum Gasteiger partial charge on any atom is -0.368 e. The van der Waals surface area contributed by atoms with E-state index < -0.39 is 0 Å². The number of rotatable bonds is 5. The van der Waals surface area contributed by atoms with Gasteiger partial charge >= 0.3 is 0 Å². The van der Waals surface area contributed by atoms with E-state index in [0.717, 1.165) is 30.9 Å². The average Bonchev–Trinajstić information content (AvgIpc) is 2.51. The van der Waals surface area contributed by atoms with E-state index in [2.05, 4.69) is 45.4 Å². The number of aromatic nitrogens is 2. The van der Waals surface area contributed by atoms with Gasteiger partial charge in [0.15, 0.2) is 0 Å². The number of anilines is 2. The van der Waals surface area contributed by atoms with Crippen molar-refractivity contribution >= 4 is 23.5 Å². The maximum absolute atomic E-state index is 5.90. The summed E-state index contributed by atoms with van der Waals surface area (Å²) in [5.41, 5.74) is 14.1. The molecule has 1 aliphatic rings. The molecule has 0 bridgehead atoms. The van der Waals surface area contributed by atoms with Gasteiger partial charge in [-0.2, -0.15) is 4.98 Å². The van der Waals surface area contributed by atoms with Crippen LogP contribution in [0.15, 0.2) is 35.2 Å². The van der Waals surface area contributed by atoms with Crippen LogP contribution < -0.4 is 16.4 Å². The molecule has 1 aliphatic carbocycles. The third kappa shape index (κ3) is 3.76. The van der Waals surface area contributed by atoms with Gasteiger partial charge < -0.3 is 16.4 Å². The number of nitrogens with two attached hydrogens (primary N) is 2. The molecule has 0 atom stereocenters. The second-order valence-corrected chi connectivity index (χ2v) is 7.02. The van der Waals surface area contributed by atoms with Crippen molar-refractivity contribution in [2.24, 2.45) is 5.73 Å². The predicted molar refractivity (Wildman–Crippen MR) is 96.7 cm³/mol. The fraction of sp³-hybridized carbons (Fsp3) is 0.412. The lowest BCUT2D eigenvalue weighted by Gasteiger charge is -2.32. The lowest BCUT2D eigenvalue weighted by molar-refractivity contribution is 0.345. The highest BCUT2D eigenvalue weighted by Gasteiger charge is 2.29. The van der Waals surface area contributed by atoms with Gasteiger partial charge in [-0.1, -0.05) is 12.1 Å². The molecular formula is C17H23N5S. The van der Waals surface area contributed by atoms with Gasteiger partial charge in [-0.3, -0.25) is 0 Å². The molecule has 0 unspecified atom stereocenters. The van der Waals surface area contributed by atoms with Crippen LogP contribution in [0, 0.1) is 0 Å². The highest BCUT2D eigenvalue weighted by molar-refractivity contribution is 7.98. The van der Waals surface area contributed by atoms with E-state index in [1.165, 1.54) is 10.5 Å². The van der Waals surface area contributed by atoms with Crippen LogP contribution in [0.5, 0.6) is 0 Å². The summed E-state index contributed by atoms with van der Waals surface area (Å²) in [4.78, 5) is 12.2. The summed E-state index contributed by atoms with van der Waals surface area (Å²) in [5, 5.41) is 0. The molecule has 1 aromatic carbocycles. The Bertz CT molecular complexity index is 684. The highest BCUT2D eigenvalue weighted by Crippen LogP contribution is 2.35. The fourth-order valence-corrected chi connectivity index (χ4v) is 3.39. The zero-order chi connectivity index (χ0) is 16.4. The zero-order valence-electron chi connectivity index (χ0n) is 13.6. The van der Waals surface area contributed by atoms with E-state index in [0.29, 0.717) is 17.9 Å². The first-order valence-electron chi connectivity index (χ1n) is 7.79. The second-order valence-electron chi connectivity index (χ2n) is 6.15. The molecule has 1 saturated carbocycles. The smallest absolute Gasteiger partial charge is 0.222 e. The molecular weight excluding hydrogens is 306 g/mol. The van der Waals surface area contributed by atoms with Crippen LogP contribution in [-0.2, 0) is 6.54 Å². The van der Waals surface area contributed by atoms with Gasteiger partial charge in [0.2, 0.25) is 5.95 Å². The number of nitrogens with zero attached hydrogens (tertiary/aromatic N) is 3. The third-order valence-corrected chi connectivity index (χ3v) is 5.01. The number of hydrogen-bond donors (Lipinski definition) is 2. The summed E-state index contributed by atoms with van der Waals surface area (Å²) in [5.74, 6) is 1.62. The van der Waals surface area contributed by atoms with Crippen LogP contribution in [-0.4, -0.2) is 29.3 Å². The van der Waals surface area contributed by atoms with Crippen molar-refractivity contribution in [1.82, 2.24) is 9.97 Å². The van der Waals surface area contributed by atoms with Crippen LogP contribution in [0.25, 0.3) is 0 Å². The predicted octanol–water partition coefficient (Wildman–Crippen LogP) is 2.62. The summed E-state index contributed by atoms with van der Waals surface area (Å²) in [7, 11) is 2.03.